The van der Waals surface area contributed by atoms with E-state index in [1.54, 1.807) is 31.6 Å². The molecule has 4 aromatic rings. The molecule has 2 aromatic carbocycles. The molecule has 1 aliphatic rings. The Bertz CT molecular complexity index is 1210. The largest absolute Gasteiger partial charge is 0.497 e. The fraction of sp³-hybridized carbons (Fsp3) is 0.250. The summed E-state index contributed by atoms with van der Waals surface area (Å²) in [6, 6.07) is 17.2. The van der Waals surface area contributed by atoms with Crippen LogP contribution >= 0.6 is 11.3 Å². The van der Waals surface area contributed by atoms with E-state index in [0.717, 1.165) is 45.1 Å². The minimum Gasteiger partial charge on any atom is -0.497 e. The van der Waals surface area contributed by atoms with Gasteiger partial charge in [0.2, 0.25) is 0 Å². The van der Waals surface area contributed by atoms with E-state index in [9.17, 15) is 4.79 Å². The molecular weight excluding hydrogens is 412 g/mol. The summed E-state index contributed by atoms with van der Waals surface area (Å²) < 4.78 is 17.9. The number of furan rings is 1. The van der Waals surface area contributed by atoms with E-state index in [1.807, 2.05) is 53.4 Å². The maximum absolute atomic E-state index is 13.3. The molecule has 158 valence electrons. The first-order chi connectivity index (χ1) is 15.2. The lowest BCUT2D eigenvalue weighted by Gasteiger charge is -2.25. The smallest absolute Gasteiger partial charge is 0.290 e. The highest BCUT2D eigenvalue weighted by Crippen LogP contribution is 2.40. The van der Waals surface area contributed by atoms with Crippen LogP contribution in [0.5, 0.6) is 11.5 Å². The standard InChI is InChI=1S/C24H22N2O4S/c1-28-15-9-10-16(21(14-15)29-2)18-7-5-13-26(18)24(27)20-12-11-19(30-20)23-25-17-6-3-4-8-22(17)31-23/h3-4,6,8-12,14,18H,5,7,13H2,1-2H3/t18-/m1/s1. The van der Waals surface area contributed by atoms with E-state index >= 15 is 0 Å². The molecule has 31 heavy (non-hydrogen) atoms. The van der Waals surface area contributed by atoms with Crippen LogP contribution in [0.1, 0.15) is 35.0 Å². The van der Waals surface area contributed by atoms with Gasteiger partial charge in [0.15, 0.2) is 16.5 Å². The second-order valence-electron chi connectivity index (χ2n) is 7.42. The van der Waals surface area contributed by atoms with Gasteiger partial charge in [0.05, 0.1) is 30.5 Å². The molecule has 0 spiro atoms. The van der Waals surface area contributed by atoms with Gasteiger partial charge in [-0.05, 0) is 49.2 Å². The fourth-order valence-electron chi connectivity index (χ4n) is 4.11. The van der Waals surface area contributed by atoms with Crippen molar-refractivity contribution in [2.45, 2.75) is 18.9 Å². The van der Waals surface area contributed by atoms with E-state index in [-0.39, 0.29) is 11.9 Å². The lowest BCUT2D eigenvalue weighted by molar-refractivity contribution is 0.0702. The molecule has 0 bridgehead atoms. The molecule has 5 rings (SSSR count). The van der Waals surface area contributed by atoms with Crippen LogP contribution in [-0.4, -0.2) is 36.6 Å². The van der Waals surface area contributed by atoms with Crippen molar-refractivity contribution in [2.24, 2.45) is 0 Å². The monoisotopic (exact) mass is 434 g/mol. The van der Waals surface area contributed by atoms with Gasteiger partial charge in [-0.15, -0.1) is 11.3 Å². The van der Waals surface area contributed by atoms with Crippen molar-refractivity contribution in [2.75, 3.05) is 20.8 Å². The van der Waals surface area contributed by atoms with E-state index in [2.05, 4.69) is 4.98 Å². The van der Waals surface area contributed by atoms with Crippen molar-refractivity contribution in [3.8, 4) is 22.3 Å². The molecule has 0 N–H and O–H groups in total. The fourth-order valence-corrected chi connectivity index (χ4v) is 5.04. The maximum Gasteiger partial charge on any atom is 0.290 e. The van der Waals surface area contributed by atoms with Crippen molar-refractivity contribution < 1.29 is 18.7 Å². The number of hydrogen-bond donors (Lipinski definition) is 0. The second-order valence-corrected chi connectivity index (χ2v) is 8.45. The number of carbonyl (C=O) groups is 1. The summed E-state index contributed by atoms with van der Waals surface area (Å²) in [6.45, 7) is 0.676. The predicted molar refractivity (Wildman–Crippen MR) is 120 cm³/mol. The lowest BCUT2D eigenvalue weighted by atomic mass is 10.0. The van der Waals surface area contributed by atoms with E-state index in [1.165, 1.54) is 0 Å². The number of methoxy groups -OCH3 is 2. The highest BCUT2D eigenvalue weighted by molar-refractivity contribution is 7.21. The third-order valence-corrected chi connectivity index (χ3v) is 6.69. The zero-order chi connectivity index (χ0) is 21.4. The first kappa shape index (κ1) is 19.6. The number of benzene rings is 2. The minimum atomic E-state index is -0.118. The van der Waals surface area contributed by atoms with Crippen LogP contribution in [-0.2, 0) is 0 Å². The third kappa shape index (κ3) is 3.55. The van der Waals surface area contributed by atoms with Gasteiger partial charge in [-0.25, -0.2) is 4.98 Å². The minimum absolute atomic E-state index is 0.0654. The molecule has 0 radical (unpaired) electrons. The van der Waals surface area contributed by atoms with Gasteiger partial charge < -0.3 is 18.8 Å². The number of carbonyl (C=O) groups excluding carboxylic acids is 1. The Morgan fingerprint density at radius 3 is 2.81 bits per heavy atom. The summed E-state index contributed by atoms with van der Waals surface area (Å²) in [5, 5.41) is 0.773. The van der Waals surface area contributed by atoms with Gasteiger partial charge in [0.25, 0.3) is 5.91 Å². The highest BCUT2D eigenvalue weighted by Gasteiger charge is 2.34. The SMILES string of the molecule is COc1ccc([C@H]2CCCN2C(=O)c2ccc(-c3nc4ccccc4s3)o2)c(OC)c1. The number of hydrogen-bond acceptors (Lipinski definition) is 6. The summed E-state index contributed by atoms with van der Waals surface area (Å²) in [5.74, 6) is 2.27. The predicted octanol–water partition coefficient (Wildman–Crippen LogP) is 5.55. The molecule has 1 amide bonds. The summed E-state index contributed by atoms with van der Waals surface area (Å²) >= 11 is 1.56. The van der Waals surface area contributed by atoms with E-state index in [0.29, 0.717) is 18.1 Å². The molecule has 1 atom stereocenters. The van der Waals surface area contributed by atoms with Crippen molar-refractivity contribution in [3.05, 3.63) is 65.9 Å². The number of thiazole rings is 1. The Balaban J connectivity index is 1.42. The number of amides is 1. The van der Waals surface area contributed by atoms with Gasteiger partial charge in [0, 0.05) is 18.2 Å². The van der Waals surface area contributed by atoms with Gasteiger partial charge in [-0.2, -0.15) is 0 Å². The van der Waals surface area contributed by atoms with Crippen molar-refractivity contribution >= 4 is 27.5 Å². The molecule has 3 heterocycles. The first-order valence-electron chi connectivity index (χ1n) is 10.2. The Kier molecular flexibility index (Phi) is 5.11. The van der Waals surface area contributed by atoms with Gasteiger partial charge in [-0.1, -0.05) is 12.1 Å². The van der Waals surface area contributed by atoms with Crippen molar-refractivity contribution in [1.29, 1.82) is 0 Å². The van der Waals surface area contributed by atoms with Crippen molar-refractivity contribution in [1.82, 2.24) is 9.88 Å². The Morgan fingerprint density at radius 1 is 1.13 bits per heavy atom. The van der Waals surface area contributed by atoms with Gasteiger partial charge in [0.1, 0.15) is 11.5 Å². The van der Waals surface area contributed by atoms with Crippen LogP contribution in [0.4, 0.5) is 0 Å². The number of para-hydroxylation sites is 1. The molecule has 1 fully saturated rings. The molecule has 2 aromatic heterocycles. The van der Waals surface area contributed by atoms with Gasteiger partial charge >= 0.3 is 0 Å². The lowest BCUT2D eigenvalue weighted by Crippen LogP contribution is -2.30. The molecule has 6 nitrogen and oxygen atoms in total. The summed E-state index contributed by atoms with van der Waals surface area (Å²) in [5.41, 5.74) is 1.91. The quantitative estimate of drug-likeness (QED) is 0.412. The molecule has 0 saturated carbocycles. The zero-order valence-corrected chi connectivity index (χ0v) is 18.1. The van der Waals surface area contributed by atoms with E-state index in [4.69, 9.17) is 13.9 Å². The number of fused-ring (bicyclic) bond motifs is 1. The number of likely N-dealkylation sites (tertiary alicyclic amines) is 1. The molecule has 0 unspecified atom stereocenters. The van der Waals surface area contributed by atoms with Crippen LogP contribution in [0.25, 0.3) is 21.0 Å². The van der Waals surface area contributed by atoms with Crippen molar-refractivity contribution in [3.63, 3.8) is 0 Å². The van der Waals surface area contributed by atoms with Gasteiger partial charge in [-0.3, -0.25) is 4.79 Å². The Labute approximate surface area is 184 Å². The highest BCUT2D eigenvalue weighted by atomic mass is 32.1. The van der Waals surface area contributed by atoms with Crippen LogP contribution < -0.4 is 9.47 Å². The second kappa shape index (κ2) is 8.07. The molecular formula is C24H22N2O4S. The average molecular weight is 435 g/mol. The molecule has 1 saturated heterocycles. The topological polar surface area (TPSA) is 64.8 Å². The van der Waals surface area contributed by atoms with E-state index < -0.39 is 0 Å². The molecule has 0 aliphatic carbocycles. The normalized spacial score (nSPS) is 16.1. The van der Waals surface area contributed by atoms with Crippen LogP contribution in [0.3, 0.4) is 0 Å². The summed E-state index contributed by atoms with van der Waals surface area (Å²) in [6.07, 6.45) is 1.80. The van der Waals surface area contributed by atoms with Crippen LogP contribution in [0.15, 0.2) is 59.0 Å². The summed E-state index contributed by atoms with van der Waals surface area (Å²) in [4.78, 5) is 19.8. The number of nitrogens with zero attached hydrogens (tertiary/aromatic N) is 2. The number of ether oxygens (including phenoxy) is 2. The Morgan fingerprint density at radius 2 is 2.00 bits per heavy atom. The van der Waals surface area contributed by atoms with Crippen LogP contribution in [0, 0.1) is 0 Å². The maximum atomic E-state index is 13.3. The number of rotatable bonds is 5. The molecule has 1 aliphatic heterocycles. The summed E-state index contributed by atoms with van der Waals surface area (Å²) in [7, 11) is 3.26. The van der Waals surface area contributed by atoms with Crippen LogP contribution in [0.2, 0.25) is 0 Å². The zero-order valence-electron chi connectivity index (χ0n) is 17.3. The Hall–Kier alpha value is -3.32. The average Bonchev–Trinajstić information content (AvgIpc) is 3.56. The third-order valence-electron chi connectivity index (χ3n) is 5.63. The number of aromatic nitrogens is 1. The molecule has 7 heteroatoms. The first-order valence-corrected chi connectivity index (χ1v) is 11.0.